The van der Waals surface area contributed by atoms with Crippen molar-refractivity contribution in [3.05, 3.63) is 35.5 Å². The van der Waals surface area contributed by atoms with Gasteiger partial charge in [-0.3, -0.25) is 4.79 Å². The number of benzene rings is 1. The van der Waals surface area contributed by atoms with Crippen molar-refractivity contribution < 1.29 is 27.5 Å². The van der Waals surface area contributed by atoms with Gasteiger partial charge in [-0.15, -0.1) is 0 Å². The molecule has 0 radical (unpaired) electrons. The molecule has 0 unspecified atom stereocenters. The van der Waals surface area contributed by atoms with Gasteiger partial charge in [0.15, 0.2) is 0 Å². The maximum Gasteiger partial charge on any atom is 0.418 e. The van der Waals surface area contributed by atoms with E-state index in [4.69, 9.17) is 0 Å². The zero-order valence-corrected chi connectivity index (χ0v) is 12.0. The molecule has 0 aliphatic heterocycles. The largest absolute Gasteiger partial charge is 0.460 e. The molecule has 1 aromatic heterocycles. The molecule has 4 nitrogen and oxygen atoms in total. The standard InChI is InChI=1S/C15H14F3NO3/c1-3-19-11(13(20)14(21)22-4-2)8-9-6-5-7-10(12(9)19)15(16,17)18/h5-8H,3-4H2,1-2H3. The zero-order chi connectivity index (χ0) is 16.5. The van der Waals surface area contributed by atoms with Gasteiger partial charge in [0.2, 0.25) is 0 Å². The van der Waals surface area contributed by atoms with Crippen LogP contribution in [0, 0.1) is 0 Å². The number of para-hydroxylation sites is 1. The van der Waals surface area contributed by atoms with Gasteiger partial charge in [0.1, 0.15) is 0 Å². The lowest BCUT2D eigenvalue weighted by Crippen LogP contribution is -2.21. The lowest BCUT2D eigenvalue weighted by atomic mass is 10.1. The second kappa shape index (κ2) is 5.82. The highest BCUT2D eigenvalue weighted by Crippen LogP contribution is 2.36. The normalized spacial score (nSPS) is 11.7. The van der Waals surface area contributed by atoms with E-state index in [1.54, 1.807) is 13.8 Å². The number of aryl methyl sites for hydroxylation is 1. The van der Waals surface area contributed by atoms with Crippen LogP contribution in [0.1, 0.15) is 29.9 Å². The van der Waals surface area contributed by atoms with E-state index in [9.17, 15) is 22.8 Å². The highest BCUT2D eigenvalue weighted by atomic mass is 19.4. The molecule has 0 saturated heterocycles. The van der Waals surface area contributed by atoms with Crippen molar-refractivity contribution in [1.29, 1.82) is 0 Å². The molecule has 0 bridgehead atoms. The molecule has 0 N–H and O–H groups in total. The molecule has 0 spiro atoms. The molecule has 0 fully saturated rings. The number of aromatic nitrogens is 1. The van der Waals surface area contributed by atoms with E-state index >= 15 is 0 Å². The maximum atomic E-state index is 13.1. The Kier molecular flexibility index (Phi) is 4.25. The third-order valence-corrected chi connectivity index (χ3v) is 3.24. The number of hydrogen-bond acceptors (Lipinski definition) is 3. The highest BCUT2D eigenvalue weighted by molar-refractivity contribution is 6.40. The first-order chi connectivity index (χ1) is 10.3. The number of rotatable bonds is 4. The predicted molar refractivity (Wildman–Crippen MR) is 73.6 cm³/mol. The Hall–Kier alpha value is -2.31. The Morgan fingerprint density at radius 2 is 1.91 bits per heavy atom. The highest BCUT2D eigenvalue weighted by Gasteiger charge is 2.35. The van der Waals surface area contributed by atoms with Gasteiger partial charge in [-0.1, -0.05) is 12.1 Å². The fraction of sp³-hybridized carbons (Fsp3) is 0.333. The van der Waals surface area contributed by atoms with Gasteiger partial charge in [-0.2, -0.15) is 13.2 Å². The summed E-state index contributed by atoms with van der Waals surface area (Å²) in [5.74, 6) is -2.03. The van der Waals surface area contributed by atoms with Crippen LogP contribution in [0.5, 0.6) is 0 Å². The monoisotopic (exact) mass is 313 g/mol. The van der Waals surface area contributed by atoms with Crippen molar-refractivity contribution in [2.24, 2.45) is 0 Å². The first kappa shape index (κ1) is 16.1. The van der Waals surface area contributed by atoms with Crippen molar-refractivity contribution in [1.82, 2.24) is 4.57 Å². The smallest absolute Gasteiger partial charge is 0.418 e. The molecule has 0 aliphatic carbocycles. The van der Waals surface area contributed by atoms with E-state index in [0.29, 0.717) is 0 Å². The first-order valence-electron chi connectivity index (χ1n) is 6.72. The summed E-state index contributed by atoms with van der Waals surface area (Å²) >= 11 is 0. The number of carbonyl (C=O) groups is 2. The summed E-state index contributed by atoms with van der Waals surface area (Å²) in [6, 6.07) is 4.98. The molecule has 0 saturated carbocycles. The SMILES string of the molecule is CCOC(=O)C(=O)c1cc2cccc(C(F)(F)F)c2n1CC. The number of Topliss-reactive ketones (excluding diaryl/α,β-unsaturated/α-hetero) is 1. The minimum atomic E-state index is -4.55. The van der Waals surface area contributed by atoms with Crippen LogP contribution in [0.4, 0.5) is 13.2 Å². The number of ether oxygens (including phenoxy) is 1. The van der Waals surface area contributed by atoms with Crippen LogP contribution in [-0.4, -0.2) is 22.9 Å². The number of fused-ring (bicyclic) bond motifs is 1. The third-order valence-electron chi connectivity index (χ3n) is 3.24. The number of halogens is 3. The van der Waals surface area contributed by atoms with Crippen molar-refractivity contribution in [2.75, 3.05) is 6.61 Å². The molecule has 0 aliphatic rings. The number of alkyl halides is 3. The summed E-state index contributed by atoms with van der Waals surface area (Å²) in [5, 5.41) is 0.254. The van der Waals surface area contributed by atoms with Gasteiger partial charge >= 0.3 is 12.1 Å². The minimum absolute atomic E-state index is 0.0186. The first-order valence-corrected chi connectivity index (χ1v) is 6.72. The molecule has 2 rings (SSSR count). The average Bonchev–Trinajstić information content (AvgIpc) is 2.83. The Morgan fingerprint density at radius 1 is 1.23 bits per heavy atom. The quantitative estimate of drug-likeness (QED) is 0.493. The summed E-state index contributed by atoms with van der Waals surface area (Å²) in [7, 11) is 0. The summed E-state index contributed by atoms with van der Waals surface area (Å²) in [6.07, 6.45) is -4.55. The van der Waals surface area contributed by atoms with E-state index in [0.717, 1.165) is 6.07 Å². The number of hydrogen-bond donors (Lipinski definition) is 0. The Morgan fingerprint density at radius 3 is 2.45 bits per heavy atom. The van der Waals surface area contributed by atoms with Crippen LogP contribution in [0.3, 0.4) is 0 Å². The second-order valence-corrected chi connectivity index (χ2v) is 4.56. The van der Waals surface area contributed by atoms with E-state index in [1.807, 2.05) is 0 Å². The molecule has 0 atom stereocenters. The number of carbonyl (C=O) groups excluding carboxylic acids is 2. The lowest BCUT2D eigenvalue weighted by Gasteiger charge is -2.12. The van der Waals surface area contributed by atoms with Crippen LogP contribution < -0.4 is 0 Å². The van der Waals surface area contributed by atoms with Crippen molar-refractivity contribution >= 4 is 22.7 Å². The third kappa shape index (κ3) is 2.70. The van der Waals surface area contributed by atoms with Gasteiger partial charge in [-0.05, 0) is 26.0 Å². The molecule has 2 aromatic rings. The molecule has 7 heteroatoms. The maximum absolute atomic E-state index is 13.1. The molecule has 118 valence electrons. The summed E-state index contributed by atoms with van der Waals surface area (Å²) < 4.78 is 45.2. The van der Waals surface area contributed by atoms with E-state index < -0.39 is 23.5 Å². The van der Waals surface area contributed by atoms with Gasteiger partial charge < -0.3 is 9.30 Å². The fourth-order valence-corrected chi connectivity index (χ4v) is 2.37. The Bertz CT molecular complexity index is 731. The summed E-state index contributed by atoms with van der Waals surface area (Å²) in [5.41, 5.74) is -1.05. The average molecular weight is 313 g/mol. The summed E-state index contributed by atoms with van der Waals surface area (Å²) in [4.78, 5) is 23.6. The zero-order valence-electron chi connectivity index (χ0n) is 12.0. The number of nitrogens with zero attached hydrogens (tertiary/aromatic N) is 1. The van der Waals surface area contributed by atoms with Crippen molar-refractivity contribution in [3.8, 4) is 0 Å². The lowest BCUT2D eigenvalue weighted by molar-refractivity contribution is -0.137. The molecular formula is C15H14F3NO3. The van der Waals surface area contributed by atoms with Crippen LogP contribution in [-0.2, 0) is 22.3 Å². The van der Waals surface area contributed by atoms with Crippen LogP contribution in [0.15, 0.2) is 24.3 Å². The van der Waals surface area contributed by atoms with E-state index in [2.05, 4.69) is 4.74 Å². The molecular weight excluding hydrogens is 299 g/mol. The minimum Gasteiger partial charge on any atom is -0.460 e. The Balaban J connectivity index is 2.68. The van der Waals surface area contributed by atoms with Crippen LogP contribution in [0.25, 0.3) is 10.9 Å². The molecule has 22 heavy (non-hydrogen) atoms. The predicted octanol–water partition coefficient (Wildman–Crippen LogP) is 3.43. The van der Waals surface area contributed by atoms with Gasteiger partial charge in [-0.25, -0.2) is 4.79 Å². The fourth-order valence-electron chi connectivity index (χ4n) is 2.37. The van der Waals surface area contributed by atoms with E-state index in [1.165, 1.54) is 22.8 Å². The van der Waals surface area contributed by atoms with Crippen LogP contribution >= 0.6 is 0 Å². The summed E-state index contributed by atoms with van der Waals surface area (Å²) in [6.45, 7) is 3.29. The molecule has 0 amide bonds. The topological polar surface area (TPSA) is 48.3 Å². The van der Waals surface area contributed by atoms with Crippen molar-refractivity contribution in [3.63, 3.8) is 0 Å². The molecule has 1 aromatic carbocycles. The van der Waals surface area contributed by atoms with Crippen LogP contribution in [0.2, 0.25) is 0 Å². The second-order valence-electron chi connectivity index (χ2n) is 4.56. The number of esters is 1. The number of ketones is 1. The van der Waals surface area contributed by atoms with Crippen molar-refractivity contribution in [2.45, 2.75) is 26.6 Å². The van der Waals surface area contributed by atoms with Gasteiger partial charge in [0, 0.05) is 11.9 Å². The van der Waals surface area contributed by atoms with Gasteiger partial charge in [0.25, 0.3) is 5.78 Å². The van der Waals surface area contributed by atoms with E-state index in [-0.39, 0.29) is 29.7 Å². The molecule has 1 heterocycles. The van der Waals surface area contributed by atoms with Gasteiger partial charge in [0.05, 0.1) is 23.4 Å². The Labute approximate surface area is 124 Å².